The van der Waals surface area contributed by atoms with Crippen molar-refractivity contribution >= 4 is 11.8 Å². The van der Waals surface area contributed by atoms with Crippen molar-refractivity contribution in [2.45, 2.75) is 19.4 Å². The molecule has 3 nitrogen and oxygen atoms in total. The molecule has 0 amide bonds. The average molecular weight is 267 g/mol. The van der Waals surface area contributed by atoms with E-state index in [4.69, 9.17) is 4.74 Å². The summed E-state index contributed by atoms with van der Waals surface area (Å²) < 4.78 is 5.09. The van der Waals surface area contributed by atoms with Crippen molar-refractivity contribution in [1.82, 2.24) is 5.32 Å². The van der Waals surface area contributed by atoms with E-state index >= 15 is 0 Å². The number of thioether (sulfide) groups is 1. The van der Waals surface area contributed by atoms with Gasteiger partial charge in [-0.25, -0.2) is 0 Å². The highest BCUT2D eigenvalue weighted by molar-refractivity contribution is 7.99. The Labute approximate surface area is 113 Å². The van der Waals surface area contributed by atoms with Crippen LogP contribution in [-0.2, 0) is 0 Å². The molecular weight excluding hydrogens is 246 g/mol. The minimum atomic E-state index is 0.168. The van der Waals surface area contributed by atoms with Gasteiger partial charge in [-0.15, -0.1) is 0 Å². The monoisotopic (exact) mass is 267 g/mol. The molecule has 1 heterocycles. The van der Waals surface area contributed by atoms with Crippen LogP contribution in [0.1, 0.15) is 24.9 Å². The first-order valence-corrected chi connectivity index (χ1v) is 7.54. The van der Waals surface area contributed by atoms with Gasteiger partial charge in [0.25, 0.3) is 0 Å². The van der Waals surface area contributed by atoms with Gasteiger partial charge in [0.15, 0.2) is 0 Å². The third-order valence-electron chi connectivity index (χ3n) is 3.44. The van der Waals surface area contributed by atoms with Gasteiger partial charge in [-0.05, 0) is 43.4 Å². The van der Waals surface area contributed by atoms with Crippen LogP contribution in [0.4, 0.5) is 0 Å². The van der Waals surface area contributed by atoms with Gasteiger partial charge in [-0.3, -0.25) is 0 Å². The minimum absolute atomic E-state index is 0.168. The molecule has 0 aromatic heterocycles. The number of aromatic hydroxyl groups is 1. The summed E-state index contributed by atoms with van der Waals surface area (Å²) in [6, 6.07) is 5.65. The number of benzene rings is 1. The molecule has 0 saturated carbocycles. The fourth-order valence-corrected chi connectivity index (χ4v) is 3.50. The van der Waals surface area contributed by atoms with E-state index < -0.39 is 0 Å². The summed E-state index contributed by atoms with van der Waals surface area (Å²) in [6.45, 7) is 3.11. The molecule has 4 heteroatoms. The number of ether oxygens (including phenoxy) is 1. The van der Waals surface area contributed by atoms with Gasteiger partial charge in [0, 0.05) is 17.7 Å². The molecule has 1 fully saturated rings. The zero-order valence-electron chi connectivity index (χ0n) is 11.0. The van der Waals surface area contributed by atoms with E-state index in [1.165, 1.54) is 17.9 Å². The lowest BCUT2D eigenvalue weighted by Gasteiger charge is -2.18. The Morgan fingerprint density at radius 2 is 2.39 bits per heavy atom. The summed E-state index contributed by atoms with van der Waals surface area (Å²) in [5.41, 5.74) is 0.932. The average Bonchev–Trinajstić information content (AvgIpc) is 2.88. The topological polar surface area (TPSA) is 41.5 Å². The van der Waals surface area contributed by atoms with Gasteiger partial charge < -0.3 is 15.2 Å². The lowest BCUT2D eigenvalue weighted by Crippen LogP contribution is -2.25. The molecule has 1 saturated heterocycles. The molecular formula is C14H21NO2S. The molecule has 0 spiro atoms. The highest BCUT2D eigenvalue weighted by atomic mass is 32.2. The normalized spacial score (nSPS) is 20.9. The Kier molecular flexibility index (Phi) is 4.78. The largest absolute Gasteiger partial charge is 0.507 e. The molecule has 1 aliphatic heterocycles. The van der Waals surface area contributed by atoms with Gasteiger partial charge in [0.1, 0.15) is 11.5 Å². The summed E-state index contributed by atoms with van der Waals surface area (Å²) in [4.78, 5) is 0. The fraction of sp³-hybridized carbons (Fsp3) is 0.571. The highest BCUT2D eigenvalue weighted by Crippen LogP contribution is 2.29. The van der Waals surface area contributed by atoms with Gasteiger partial charge in [-0.1, -0.05) is 6.07 Å². The maximum Gasteiger partial charge on any atom is 0.124 e. The van der Waals surface area contributed by atoms with E-state index in [9.17, 15) is 5.11 Å². The second-order valence-corrected chi connectivity index (χ2v) is 5.93. The van der Waals surface area contributed by atoms with E-state index in [2.05, 4.69) is 12.2 Å². The van der Waals surface area contributed by atoms with E-state index in [1.54, 1.807) is 13.2 Å². The Bertz CT molecular complexity index is 391. The zero-order valence-corrected chi connectivity index (χ0v) is 11.8. The molecule has 0 radical (unpaired) electrons. The molecule has 2 atom stereocenters. The number of phenols is 1. The number of phenolic OH excluding ortho intramolecular Hbond substituents is 1. The molecule has 0 bridgehead atoms. The summed E-state index contributed by atoms with van der Waals surface area (Å²) in [5, 5.41) is 13.5. The van der Waals surface area contributed by atoms with Crippen LogP contribution in [0.2, 0.25) is 0 Å². The summed E-state index contributed by atoms with van der Waals surface area (Å²) in [7, 11) is 1.61. The molecule has 18 heavy (non-hydrogen) atoms. The van der Waals surface area contributed by atoms with Crippen molar-refractivity contribution in [2.75, 3.05) is 25.2 Å². The fourth-order valence-electron chi connectivity index (χ4n) is 2.21. The van der Waals surface area contributed by atoms with Crippen LogP contribution in [0.5, 0.6) is 11.5 Å². The van der Waals surface area contributed by atoms with Crippen LogP contribution in [-0.4, -0.2) is 30.3 Å². The number of nitrogens with one attached hydrogen (secondary N) is 1. The molecule has 1 aromatic carbocycles. The quantitative estimate of drug-likeness (QED) is 0.861. The summed E-state index contributed by atoms with van der Waals surface area (Å²) >= 11 is 2.03. The Hall–Kier alpha value is -0.870. The smallest absolute Gasteiger partial charge is 0.124 e. The highest BCUT2D eigenvalue weighted by Gasteiger charge is 2.17. The van der Waals surface area contributed by atoms with Crippen LogP contribution in [0.15, 0.2) is 18.2 Å². The van der Waals surface area contributed by atoms with Crippen molar-refractivity contribution in [1.29, 1.82) is 0 Å². The standard InChI is InChI=1S/C14H21NO2S/c1-10(15-8-11-5-6-18-9-11)13-4-3-12(17-2)7-14(13)16/h3-4,7,10-11,15-16H,5-6,8-9H2,1-2H3. The molecule has 2 unspecified atom stereocenters. The lowest BCUT2D eigenvalue weighted by atomic mass is 10.0. The van der Waals surface area contributed by atoms with Gasteiger partial charge in [0.2, 0.25) is 0 Å². The molecule has 2 N–H and O–H groups in total. The number of hydrogen-bond donors (Lipinski definition) is 2. The second kappa shape index (κ2) is 6.34. The van der Waals surface area contributed by atoms with Gasteiger partial charge in [0.05, 0.1) is 7.11 Å². The third kappa shape index (κ3) is 3.33. The molecule has 1 aliphatic rings. The van der Waals surface area contributed by atoms with E-state index in [0.29, 0.717) is 11.5 Å². The van der Waals surface area contributed by atoms with Crippen LogP contribution in [0, 0.1) is 5.92 Å². The Morgan fingerprint density at radius 1 is 1.56 bits per heavy atom. The van der Waals surface area contributed by atoms with Crippen LogP contribution < -0.4 is 10.1 Å². The molecule has 2 rings (SSSR count). The summed E-state index contributed by atoms with van der Waals surface area (Å²) in [5.74, 6) is 4.31. The van der Waals surface area contributed by atoms with Crippen LogP contribution in [0.3, 0.4) is 0 Å². The predicted octanol–water partition coefficient (Wildman–Crippen LogP) is 2.80. The number of methoxy groups -OCH3 is 1. The first kappa shape index (κ1) is 13.6. The van der Waals surface area contributed by atoms with Crippen molar-refractivity contribution in [2.24, 2.45) is 5.92 Å². The first-order valence-electron chi connectivity index (χ1n) is 6.38. The maximum atomic E-state index is 9.96. The van der Waals surface area contributed by atoms with Crippen molar-refractivity contribution in [3.8, 4) is 11.5 Å². The maximum absolute atomic E-state index is 9.96. The predicted molar refractivity (Wildman–Crippen MR) is 76.5 cm³/mol. The minimum Gasteiger partial charge on any atom is -0.507 e. The first-order chi connectivity index (χ1) is 8.70. The molecule has 0 aliphatic carbocycles. The Balaban J connectivity index is 1.93. The third-order valence-corrected chi connectivity index (χ3v) is 4.67. The zero-order chi connectivity index (χ0) is 13.0. The van der Waals surface area contributed by atoms with Gasteiger partial charge in [-0.2, -0.15) is 11.8 Å². The SMILES string of the molecule is COc1ccc(C(C)NCC2CCSC2)c(O)c1. The van der Waals surface area contributed by atoms with Crippen molar-refractivity contribution in [3.05, 3.63) is 23.8 Å². The van der Waals surface area contributed by atoms with E-state index in [-0.39, 0.29) is 6.04 Å². The summed E-state index contributed by atoms with van der Waals surface area (Å²) in [6.07, 6.45) is 1.30. The molecule has 1 aromatic rings. The van der Waals surface area contributed by atoms with E-state index in [1.807, 2.05) is 23.9 Å². The van der Waals surface area contributed by atoms with Gasteiger partial charge >= 0.3 is 0 Å². The van der Waals surface area contributed by atoms with Crippen LogP contribution >= 0.6 is 11.8 Å². The van der Waals surface area contributed by atoms with Crippen molar-refractivity contribution in [3.63, 3.8) is 0 Å². The lowest BCUT2D eigenvalue weighted by molar-refractivity contribution is 0.402. The number of rotatable bonds is 5. The number of hydrogen-bond acceptors (Lipinski definition) is 4. The van der Waals surface area contributed by atoms with E-state index in [0.717, 1.165) is 18.0 Å². The Morgan fingerprint density at radius 3 is 3.00 bits per heavy atom. The van der Waals surface area contributed by atoms with Crippen molar-refractivity contribution < 1.29 is 9.84 Å². The van der Waals surface area contributed by atoms with Crippen LogP contribution in [0.25, 0.3) is 0 Å². The second-order valence-electron chi connectivity index (χ2n) is 4.78. The molecule has 100 valence electrons.